The fraction of sp³-hybridized carbons (Fsp3) is 0.263. The molecule has 0 heterocycles. The van der Waals surface area contributed by atoms with Crippen molar-refractivity contribution in [2.45, 2.75) is 20.0 Å². The van der Waals surface area contributed by atoms with E-state index >= 15 is 0 Å². The molecule has 2 aromatic carbocycles. The van der Waals surface area contributed by atoms with Gasteiger partial charge in [0.05, 0.1) is 6.10 Å². The second kappa shape index (κ2) is 8.39. The first-order valence-corrected chi connectivity index (χ1v) is 7.85. The molecule has 0 aliphatic rings. The topological polar surface area (TPSA) is 67.4 Å². The van der Waals surface area contributed by atoms with E-state index in [-0.39, 0.29) is 6.54 Å². The lowest BCUT2D eigenvalue weighted by Gasteiger charge is -2.16. The Hall–Kier alpha value is -2.73. The first-order valence-electron chi connectivity index (χ1n) is 7.85. The summed E-state index contributed by atoms with van der Waals surface area (Å²) in [5, 5.41) is 5.10. The number of methoxy groups -OCH3 is 1. The minimum atomic E-state index is -0.778. The average Bonchev–Trinajstić information content (AvgIpc) is 2.58. The zero-order valence-corrected chi connectivity index (χ0v) is 14.4. The Morgan fingerprint density at radius 3 is 2.56 bits per heavy atom. The minimum Gasteiger partial charge on any atom is -0.375 e. The molecule has 132 valence electrons. The van der Waals surface area contributed by atoms with Gasteiger partial charge in [0.25, 0.3) is 0 Å². The summed E-state index contributed by atoms with van der Waals surface area (Å²) in [5.74, 6) is -1.93. The van der Waals surface area contributed by atoms with Crippen LogP contribution in [0.5, 0.6) is 0 Å². The third-order valence-electron chi connectivity index (χ3n) is 3.80. The fourth-order valence-corrected chi connectivity index (χ4v) is 2.36. The molecule has 2 amide bonds. The lowest BCUT2D eigenvalue weighted by molar-refractivity contribution is -0.136. The van der Waals surface area contributed by atoms with Gasteiger partial charge in [-0.25, -0.2) is 4.39 Å². The highest BCUT2D eigenvalue weighted by atomic mass is 19.1. The van der Waals surface area contributed by atoms with Gasteiger partial charge in [-0.1, -0.05) is 24.3 Å². The number of benzene rings is 2. The first kappa shape index (κ1) is 18.6. The highest BCUT2D eigenvalue weighted by Gasteiger charge is 2.18. The van der Waals surface area contributed by atoms with Crippen LogP contribution >= 0.6 is 0 Å². The highest BCUT2D eigenvalue weighted by Crippen LogP contribution is 2.17. The maximum absolute atomic E-state index is 13.3. The molecule has 0 spiro atoms. The Labute approximate surface area is 146 Å². The molecule has 2 N–H and O–H groups in total. The number of halogens is 1. The molecule has 0 aliphatic carbocycles. The van der Waals surface area contributed by atoms with Crippen LogP contribution in [0.3, 0.4) is 0 Å². The van der Waals surface area contributed by atoms with Gasteiger partial charge < -0.3 is 15.4 Å². The predicted molar refractivity (Wildman–Crippen MR) is 93.7 cm³/mol. The predicted octanol–water partition coefficient (Wildman–Crippen LogP) is 2.88. The second-order valence-electron chi connectivity index (χ2n) is 5.76. The van der Waals surface area contributed by atoms with Gasteiger partial charge in [0.1, 0.15) is 5.82 Å². The van der Waals surface area contributed by atoms with E-state index in [0.717, 1.165) is 11.1 Å². The summed E-state index contributed by atoms with van der Waals surface area (Å²) in [4.78, 5) is 24.1. The summed E-state index contributed by atoms with van der Waals surface area (Å²) in [6.07, 6.45) is -0.548. The second-order valence-corrected chi connectivity index (χ2v) is 5.76. The van der Waals surface area contributed by atoms with Crippen LogP contribution in [0.15, 0.2) is 42.5 Å². The quantitative estimate of drug-likeness (QED) is 0.820. The minimum absolute atomic E-state index is 0.0546. The van der Waals surface area contributed by atoms with Gasteiger partial charge in [-0.05, 0) is 48.7 Å². The van der Waals surface area contributed by atoms with Gasteiger partial charge in [-0.15, -0.1) is 0 Å². The molecule has 1 unspecified atom stereocenters. The van der Waals surface area contributed by atoms with Crippen molar-refractivity contribution in [2.75, 3.05) is 19.0 Å². The van der Waals surface area contributed by atoms with Crippen LogP contribution < -0.4 is 10.6 Å². The molecular weight excluding hydrogens is 323 g/mol. The monoisotopic (exact) mass is 344 g/mol. The van der Waals surface area contributed by atoms with Crippen molar-refractivity contribution in [1.29, 1.82) is 0 Å². The molecule has 0 saturated carbocycles. The fourth-order valence-electron chi connectivity index (χ4n) is 2.36. The normalized spacial score (nSPS) is 11.7. The largest absolute Gasteiger partial charge is 0.375 e. The number of aryl methyl sites for hydroxylation is 2. The summed E-state index contributed by atoms with van der Waals surface area (Å²) in [7, 11) is 1.46. The van der Waals surface area contributed by atoms with E-state index in [1.165, 1.54) is 19.2 Å². The van der Waals surface area contributed by atoms with Crippen LogP contribution in [-0.2, 0) is 14.3 Å². The summed E-state index contributed by atoms with van der Waals surface area (Å²) >= 11 is 0. The number of carbonyl (C=O) groups excluding carboxylic acids is 2. The van der Waals surface area contributed by atoms with Gasteiger partial charge in [0.15, 0.2) is 0 Å². The molecular formula is C19H21FN2O3. The summed E-state index contributed by atoms with van der Waals surface area (Å²) in [6.45, 7) is 3.80. The first-order chi connectivity index (χ1) is 11.9. The maximum Gasteiger partial charge on any atom is 0.313 e. The zero-order chi connectivity index (χ0) is 18.4. The number of nitrogens with one attached hydrogen (secondary N) is 2. The van der Waals surface area contributed by atoms with Crippen molar-refractivity contribution in [3.63, 3.8) is 0 Å². The number of amides is 2. The molecule has 25 heavy (non-hydrogen) atoms. The lowest BCUT2D eigenvalue weighted by Crippen LogP contribution is -2.38. The smallest absolute Gasteiger partial charge is 0.313 e. The van der Waals surface area contributed by atoms with Gasteiger partial charge in [-0.2, -0.15) is 0 Å². The Balaban J connectivity index is 1.96. The van der Waals surface area contributed by atoms with E-state index in [2.05, 4.69) is 10.6 Å². The molecule has 2 rings (SSSR count). The van der Waals surface area contributed by atoms with E-state index in [0.29, 0.717) is 11.3 Å². The van der Waals surface area contributed by atoms with E-state index in [1.54, 1.807) is 18.2 Å². The van der Waals surface area contributed by atoms with Crippen LogP contribution in [-0.4, -0.2) is 25.5 Å². The molecule has 0 aromatic heterocycles. The molecule has 6 heteroatoms. The van der Waals surface area contributed by atoms with Gasteiger partial charge in [0.2, 0.25) is 0 Å². The SMILES string of the molecule is COC(CNC(=O)C(=O)Nc1cc(C)ccc1C)c1cccc(F)c1. The third kappa shape index (κ3) is 5.12. The maximum atomic E-state index is 13.3. The third-order valence-corrected chi connectivity index (χ3v) is 3.80. The average molecular weight is 344 g/mol. The molecule has 1 atom stereocenters. The van der Waals surface area contributed by atoms with Crippen molar-refractivity contribution in [2.24, 2.45) is 0 Å². The van der Waals surface area contributed by atoms with Gasteiger partial charge in [-0.3, -0.25) is 9.59 Å². The van der Waals surface area contributed by atoms with Crippen molar-refractivity contribution in [3.8, 4) is 0 Å². The molecule has 0 bridgehead atoms. The standard InChI is InChI=1S/C19H21FN2O3/c1-12-7-8-13(2)16(9-12)22-19(24)18(23)21-11-17(25-3)14-5-4-6-15(20)10-14/h4-10,17H,11H2,1-3H3,(H,21,23)(H,22,24). The van der Waals surface area contributed by atoms with Gasteiger partial charge >= 0.3 is 11.8 Å². The summed E-state index contributed by atoms with van der Waals surface area (Å²) < 4.78 is 18.6. The molecule has 2 aromatic rings. The van der Waals surface area contributed by atoms with E-state index in [9.17, 15) is 14.0 Å². The van der Waals surface area contributed by atoms with Crippen LogP contribution in [0.4, 0.5) is 10.1 Å². The van der Waals surface area contributed by atoms with Crippen molar-refractivity contribution < 1.29 is 18.7 Å². The number of hydrogen-bond donors (Lipinski definition) is 2. The molecule has 0 fully saturated rings. The van der Waals surface area contributed by atoms with Gasteiger partial charge in [0, 0.05) is 19.3 Å². The van der Waals surface area contributed by atoms with E-state index in [1.807, 2.05) is 26.0 Å². The Bertz CT molecular complexity index is 777. The number of hydrogen-bond acceptors (Lipinski definition) is 3. The summed E-state index contributed by atoms with van der Waals surface area (Å²) in [6, 6.07) is 11.5. The summed E-state index contributed by atoms with van der Waals surface area (Å²) in [5.41, 5.74) is 3.01. The van der Waals surface area contributed by atoms with Crippen LogP contribution in [0.2, 0.25) is 0 Å². The Morgan fingerprint density at radius 1 is 1.12 bits per heavy atom. The van der Waals surface area contributed by atoms with Crippen LogP contribution in [0.1, 0.15) is 22.8 Å². The zero-order valence-electron chi connectivity index (χ0n) is 14.4. The molecule has 5 nitrogen and oxygen atoms in total. The molecule has 0 saturated heterocycles. The van der Waals surface area contributed by atoms with Crippen LogP contribution in [0.25, 0.3) is 0 Å². The van der Waals surface area contributed by atoms with E-state index in [4.69, 9.17) is 4.74 Å². The van der Waals surface area contributed by atoms with E-state index < -0.39 is 23.7 Å². The van der Waals surface area contributed by atoms with Crippen LogP contribution in [0, 0.1) is 19.7 Å². The van der Waals surface area contributed by atoms with Crippen molar-refractivity contribution >= 4 is 17.5 Å². The number of rotatable bonds is 5. The highest BCUT2D eigenvalue weighted by molar-refractivity contribution is 6.39. The molecule has 0 radical (unpaired) electrons. The van der Waals surface area contributed by atoms with Crippen molar-refractivity contribution in [1.82, 2.24) is 5.32 Å². The van der Waals surface area contributed by atoms with Crippen molar-refractivity contribution in [3.05, 3.63) is 65.0 Å². The number of anilines is 1. The lowest BCUT2D eigenvalue weighted by atomic mass is 10.1. The Kier molecular flexibility index (Phi) is 6.25. The molecule has 0 aliphatic heterocycles. The Morgan fingerprint density at radius 2 is 1.88 bits per heavy atom. The number of carbonyl (C=O) groups is 2. The number of ether oxygens (including phenoxy) is 1.